The lowest BCUT2D eigenvalue weighted by Gasteiger charge is -2.35. The number of Topliss-reactive ketones (excluding diaryl/α,β-unsaturated/α-hetero) is 1. The van der Waals surface area contributed by atoms with Crippen LogP contribution in [-0.4, -0.2) is 106 Å². The van der Waals surface area contributed by atoms with Crippen LogP contribution < -0.4 is 32.7 Å². The molecule has 4 rings (SSSR count). The second kappa shape index (κ2) is 26.8. The van der Waals surface area contributed by atoms with Gasteiger partial charge in [-0.1, -0.05) is 63.9 Å². The molecule has 3 amide bonds. The molecular weight excluding hydrogens is 923 g/mol. The predicted molar refractivity (Wildman–Crippen MR) is 220 cm³/mol. The molecule has 0 spiro atoms. The number of unbranched alkanes of at least 4 members (excludes halogenated alkanes) is 1. The number of nitrogens with one attached hydrogen (secondary N) is 4. The van der Waals surface area contributed by atoms with E-state index >= 15 is 0 Å². The fraction of sp³-hybridized carbons (Fsp3) is 0.488. The van der Waals surface area contributed by atoms with Gasteiger partial charge in [0.25, 0.3) is 0 Å². The topological polar surface area (TPSA) is 293 Å². The number of hydrogen-bond donors (Lipinski definition) is 9. The number of furan rings is 1. The molecule has 1 saturated heterocycles. The van der Waals surface area contributed by atoms with Crippen molar-refractivity contribution in [3.63, 3.8) is 0 Å². The van der Waals surface area contributed by atoms with Crippen molar-refractivity contribution in [3.8, 4) is 0 Å². The summed E-state index contributed by atoms with van der Waals surface area (Å²) in [5.74, 6) is -10.0. The summed E-state index contributed by atoms with van der Waals surface area (Å²) in [6, 6.07) is 13.4. The number of fused-ring (bicyclic) bond motifs is 1. The Morgan fingerprint density at radius 3 is 1.79 bits per heavy atom. The summed E-state index contributed by atoms with van der Waals surface area (Å²) in [5.41, 5.74) is 14.8. The molecule has 1 fully saturated rings. The molecule has 0 radical (unpaired) electrons. The second-order valence-corrected chi connectivity index (χ2v) is 15.2. The number of aliphatic carboxylic acids is 3. The van der Waals surface area contributed by atoms with E-state index in [1.165, 1.54) is 0 Å². The van der Waals surface area contributed by atoms with E-state index in [2.05, 4.69) is 21.3 Å². The highest BCUT2D eigenvalue weighted by atomic mass is 19.4. The Kier molecular flexibility index (Phi) is 23.5. The van der Waals surface area contributed by atoms with Crippen LogP contribution in [0.25, 0.3) is 11.0 Å². The van der Waals surface area contributed by atoms with Crippen molar-refractivity contribution in [1.29, 1.82) is 0 Å². The van der Waals surface area contributed by atoms with Crippen molar-refractivity contribution >= 4 is 58.1 Å². The minimum absolute atomic E-state index is 0.0951. The largest absolute Gasteiger partial charge is 0.490 e. The maximum absolute atomic E-state index is 13.9. The summed E-state index contributed by atoms with van der Waals surface area (Å²) in [5, 5.41) is 34.1. The van der Waals surface area contributed by atoms with Crippen LogP contribution >= 0.6 is 0 Å². The number of carboxylic acids is 3. The Hall–Kier alpha value is -6.28. The fourth-order valence-corrected chi connectivity index (χ4v) is 5.93. The molecule has 0 aliphatic carbocycles. The van der Waals surface area contributed by atoms with Gasteiger partial charge in [0.15, 0.2) is 5.78 Å². The number of halogens is 9. The first kappa shape index (κ1) is 58.7. The van der Waals surface area contributed by atoms with Crippen molar-refractivity contribution in [2.45, 2.75) is 115 Å². The average Bonchev–Trinajstić information content (AvgIpc) is 3.69. The van der Waals surface area contributed by atoms with Gasteiger partial charge >= 0.3 is 36.4 Å². The number of amides is 3. The van der Waals surface area contributed by atoms with Gasteiger partial charge in [-0.05, 0) is 67.9 Å². The van der Waals surface area contributed by atoms with E-state index in [9.17, 15) is 58.7 Å². The molecule has 1 aliphatic heterocycles. The fourth-order valence-electron chi connectivity index (χ4n) is 5.93. The van der Waals surface area contributed by atoms with E-state index in [0.29, 0.717) is 37.8 Å². The lowest BCUT2D eigenvalue weighted by atomic mass is 9.85. The zero-order valence-corrected chi connectivity index (χ0v) is 35.9. The van der Waals surface area contributed by atoms with Crippen LogP contribution in [0, 0.1) is 11.8 Å². The van der Waals surface area contributed by atoms with Gasteiger partial charge in [-0.3, -0.25) is 24.5 Å². The number of hydrogen-bond acceptors (Lipinski definition) is 11. The van der Waals surface area contributed by atoms with Crippen LogP contribution in [0.3, 0.4) is 0 Å². The zero-order valence-electron chi connectivity index (χ0n) is 35.9. The maximum atomic E-state index is 13.9. The number of ketones is 1. The van der Waals surface area contributed by atoms with Gasteiger partial charge in [0.05, 0.1) is 30.6 Å². The molecule has 2 heterocycles. The summed E-state index contributed by atoms with van der Waals surface area (Å²) < 4.78 is 101. The van der Waals surface area contributed by atoms with E-state index in [4.69, 9.17) is 45.6 Å². The van der Waals surface area contributed by atoms with Crippen molar-refractivity contribution in [2.24, 2.45) is 23.3 Å². The minimum Gasteiger partial charge on any atom is -0.475 e. The molecule has 67 heavy (non-hydrogen) atoms. The quantitative estimate of drug-likeness (QED) is 0.0878. The van der Waals surface area contributed by atoms with Crippen molar-refractivity contribution in [3.05, 3.63) is 66.4 Å². The van der Waals surface area contributed by atoms with Gasteiger partial charge in [0.2, 0.25) is 17.7 Å². The molecule has 0 saturated carbocycles. The number of carbonyl (C=O) groups excluding carboxylic acids is 4. The highest BCUT2D eigenvalue weighted by Crippen LogP contribution is 2.25. The number of carbonyl (C=O) groups is 7. The van der Waals surface area contributed by atoms with E-state index < -0.39 is 84.5 Å². The molecule has 1 aliphatic rings. The normalized spacial score (nSPS) is 17.3. The third-order valence-corrected chi connectivity index (χ3v) is 9.12. The van der Waals surface area contributed by atoms with Gasteiger partial charge in [0, 0.05) is 17.0 Å². The standard InChI is InChI=1S/C35H48N6O5.3C2HF3O2/c1-4-5-11-27(40-35(45)29(16-21(2)3)41-34(44)26(36)17-22-9-7-6-8-10-22)32(42)28-19-24(20-31(37)39-28)33(43)38-25-12-13-30-23(18-25)14-15-46-30;3*3-2(4,5)1(6)7/h6-10,12-15,18,21,24,26-29,31,39H,4-5,11,16-17,19-20,36-37H2,1-3H3,(H,38,43)(H,40,45)(H,41,44);3*(H,6,7)/t24?,26-,27-,28-,29-,31?;;;/m1.../s1. The number of nitrogens with two attached hydrogens (primary N) is 2. The molecule has 2 unspecified atom stereocenters. The van der Waals surface area contributed by atoms with Gasteiger partial charge < -0.3 is 47.2 Å². The van der Waals surface area contributed by atoms with Gasteiger partial charge in [-0.2, -0.15) is 39.5 Å². The number of carboxylic acid groups (broad SMARTS) is 3. The number of piperidine rings is 1. The van der Waals surface area contributed by atoms with Gasteiger partial charge in [-0.15, -0.1) is 0 Å². The highest BCUT2D eigenvalue weighted by Gasteiger charge is 2.40. The molecular formula is C41H51F9N6O11. The third-order valence-electron chi connectivity index (χ3n) is 9.12. The molecule has 2 aromatic carbocycles. The summed E-state index contributed by atoms with van der Waals surface area (Å²) in [6.45, 7) is 5.93. The van der Waals surface area contributed by atoms with E-state index in [1.807, 2.05) is 63.2 Å². The predicted octanol–water partition coefficient (Wildman–Crippen LogP) is 5.27. The molecule has 26 heteroatoms. The minimum atomic E-state index is -5.08. The number of alkyl halides is 9. The Bertz CT molecular complexity index is 2040. The summed E-state index contributed by atoms with van der Waals surface area (Å²) >= 11 is 0. The molecule has 17 nitrogen and oxygen atoms in total. The number of benzene rings is 2. The smallest absolute Gasteiger partial charge is 0.475 e. The monoisotopic (exact) mass is 974 g/mol. The SMILES string of the molecule is CCCC[C@@H](NC(=O)[C@@H](CC(C)C)NC(=O)[C@H](N)Cc1ccccc1)C(=O)[C@H]1CC(C(=O)Nc2ccc3occc3c2)CC(N)N1.O=C(O)C(F)(F)F.O=C(O)C(F)(F)F.O=C(O)C(F)(F)F. The van der Waals surface area contributed by atoms with Gasteiger partial charge in [0.1, 0.15) is 11.6 Å². The van der Waals surface area contributed by atoms with Crippen molar-refractivity contribution < 1.29 is 92.8 Å². The molecule has 374 valence electrons. The zero-order chi connectivity index (χ0) is 51.4. The van der Waals surface area contributed by atoms with Crippen LogP contribution in [0.5, 0.6) is 0 Å². The third kappa shape index (κ3) is 22.2. The second-order valence-electron chi connectivity index (χ2n) is 15.2. The average molecular weight is 975 g/mol. The Labute approximate surface area is 376 Å². The van der Waals surface area contributed by atoms with Gasteiger partial charge in [-0.25, -0.2) is 14.4 Å². The van der Waals surface area contributed by atoms with E-state index in [0.717, 1.165) is 23.0 Å². The van der Waals surface area contributed by atoms with Crippen LogP contribution in [-0.2, 0) is 40.0 Å². The molecule has 3 aromatic rings. The van der Waals surface area contributed by atoms with E-state index in [-0.39, 0.29) is 24.0 Å². The lowest BCUT2D eigenvalue weighted by Crippen LogP contribution is -2.60. The Morgan fingerprint density at radius 2 is 1.30 bits per heavy atom. The van der Waals surface area contributed by atoms with Crippen molar-refractivity contribution in [2.75, 3.05) is 5.32 Å². The van der Waals surface area contributed by atoms with Crippen molar-refractivity contribution in [1.82, 2.24) is 16.0 Å². The molecule has 0 bridgehead atoms. The first-order chi connectivity index (χ1) is 30.9. The summed E-state index contributed by atoms with van der Waals surface area (Å²) in [4.78, 5) is 80.6. The van der Waals surface area contributed by atoms with Crippen LogP contribution in [0.1, 0.15) is 64.9 Å². The van der Waals surface area contributed by atoms with E-state index in [1.54, 1.807) is 18.4 Å². The number of rotatable bonds is 15. The van der Waals surface area contributed by atoms with Crippen LogP contribution in [0.15, 0.2) is 65.3 Å². The molecule has 6 atom stereocenters. The molecule has 1 aromatic heterocycles. The Balaban J connectivity index is 0.000000882. The Morgan fingerprint density at radius 1 is 0.776 bits per heavy atom. The highest BCUT2D eigenvalue weighted by molar-refractivity contribution is 5.98. The maximum Gasteiger partial charge on any atom is 0.490 e. The first-order valence-corrected chi connectivity index (χ1v) is 20.0. The summed E-state index contributed by atoms with van der Waals surface area (Å²) in [7, 11) is 0. The molecule has 11 N–H and O–H groups in total. The lowest BCUT2D eigenvalue weighted by molar-refractivity contribution is -0.193. The van der Waals surface area contributed by atoms with Crippen LogP contribution in [0.2, 0.25) is 0 Å². The van der Waals surface area contributed by atoms with Crippen LogP contribution in [0.4, 0.5) is 45.2 Å². The summed E-state index contributed by atoms with van der Waals surface area (Å²) in [6.07, 6.45) is -11.0. The first-order valence-electron chi connectivity index (χ1n) is 20.0. The number of anilines is 1.